The molecule has 3 rings (SSSR count). The number of hydrogen-bond acceptors (Lipinski definition) is 5. The van der Waals surface area contributed by atoms with Gasteiger partial charge in [-0.25, -0.2) is 9.18 Å². The molecule has 0 unspecified atom stereocenters. The van der Waals surface area contributed by atoms with Crippen LogP contribution in [0.15, 0.2) is 35.1 Å². The van der Waals surface area contributed by atoms with Crippen LogP contribution in [-0.2, 0) is 17.9 Å². The topological polar surface area (TPSA) is 89.4 Å². The number of nitrogens with one attached hydrogen (secondary N) is 2. The summed E-state index contributed by atoms with van der Waals surface area (Å²) in [7, 11) is 0. The van der Waals surface area contributed by atoms with Crippen LogP contribution in [0.1, 0.15) is 32.2 Å². The normalized spacial score (nSPS) is 11.5. The third-order valence-electron chi connectivity index (χ3n) is 3.42. The Balaban J connectivity index is 1.67. The highest BCUT2D eigenvalue weighted by Gasteiger charge is 2.16. The first-order valence-corrected chi connectivity index (χ1v) is 8.10. The zero-order chi connectivity index (χ0) is 18.7. The quantitative estimate of drug-likeness (QED) is 0.719. The van der Waals surface area contributed by atoms with Crippen molar-refractivity contribution in [3.63, 3.8) is 0 Å². The zero-order valence-corrected chi connectivity index (χ0v) is 14.8. The Hall–Kier alpha value is -3.03. The maximum absolute atomic E-state index is 14.3. The Morgan fingerprint density at radius 2 is 2.15 bits per heavy atom. The number of fused-ring (bicyclic) bond motifs is 1. The Bertz CT molecular complexity index is 897. The highest BCUT2D eigenvalue weighted by molar-refractivity contribution is 5.82. The van der Waals surface area contributed by atoms with Crippen molar-refractivity contribution in [1.82, 2.24) is 15.5 Å². The summed E-state index contributed by atoms with van der Waals surface area (Å²) < 4.78 is 29.7. The third-order valence-corrected chi connectivity index (χ3v) is 3.42. The number of alkyl carbamates (subject to hydrolysis) is 1. The number of amides is 1. The van der Waals surface area contributed by atoms with E-state index in [0.29, 0.717) is 28.0 Å². The van der Waals surface area contributed by atoms with E-state index in [1.807, 2.05) is 0 Å². The summed E-state index contributed by atoms with van der Waals surface area (Å²) in [6.07, 6.45) is 0.908. The van der Waals surface area contributed by atoms with Crippen LogP contribution in [0.25, 0.3) is 10.9 Å². The lowest BCUT2D eigenvalue weighted by Crippen LogP contribution is -2.32. The highest BCUT2D eigenvalue weighted by Crippen LogP contribution is 2.25. The van der Waals surface area contributed by atoms with Crippen molar-refractivity contribution in [3.8, 4) is 5.75 Å². The van der Waals surface area contributed by atoms with Gasteiger partial charge in [-0.3, -0.25) is 0 Å². The molecule has 1 amide bonds. The van der Waals surface area contributed by atoms with E-state index < -0.39 is 17.5 Å². The van der Waals surface area contributed by atoms with E-state index in [1.165, 1.54) is 12.3 Å². The van der Waals surface area contributed by atoms with E-state index in [1.54, 1.807) is 39.0 Å². The van der Waals surface area contributed by atoms with E-state index >= 15 is 0 Å². The number of aromatic amines is 1. The monoisotopic (exact) mass is 361 g/mol. The Morgan fingerprint density at radius 3 is 2.85 bits per heavy atom. The van der Waals surface area contributed by atoms with Gasteiger partial charge in [0, 0.05) is 29.3 Å². The molecular weight excluding hydrogens is 341 g/mol. The van der Waals surface area contributed by atoms with Gasteiger partial charge < -0.3 is 24.3 Å². The molecule has 1 aromatic carbocycles. The molecule has 0 saturated heterocycles. The number of halogens is 1. The lowest BCUT2D eigenvalue weighted by atomic mass is 10.2. The second kappa shape index (κ2) is 7.07. The van der Waals surface area contributed by atoms with E-state index in [4.69, 9.17) is 14.0 Å². The molecule has 0 bridgehead atoms. The molecule has 2 aromatic heterocycles. The lowest BCUT2D eigenvalue weighted by molar-refractivity contribution is 0.0523. The summed E-state index contributed by atoms with van der Waals surface area (Å²) in [6.45, 7) is 5.72. The summed E-state index contributed by atoms with van der Waals surface area (Å²) in [4.78, 5) is 14.8. The van der Waals surface area contributed by atoms with Gasteiger partial charge in [-0.15, -0.1) is 0 Å². The third kappa shape index (κ3) is 4.53. The second-order valence-electron chi connectivity index (χ2n) is 6.80. The highest BCUT2D eigenvalue weighted by atomic mass is 19.1. The van der Waals surface area contributed by atoms with Crippen molar-refractivity contribution in [1.29, 1.82) is 0 Å². The summed E-state index contributed by atoms with van der Waals surface area (Å²) in [5.41, 5.74) is 1.26. The Labute approximate surface area is 149 Å². The molecule has 0 saturated carbocycles. The number of hydrogen-bond donors (Lipinski definition) is 2. The van der Waals surface area contributed by atoms with Gasteiger partial charge in [0.1, 0.15) is 35.7 Å². The molecule has 3 aromatic rings. The average Bonchev–Trinajstić information content (AvgIpc) is 3.19. The fourth-order valence-corrected chi connectivity index (χ4v) is 2.36. The van der Waals surface area contributed by atoms with Crippen LogP contribution >= 0.6 is 0 Å². The molecule has 26 heavy (non-hydrogen) atoms. The van der Waals surface area contributed by atoms with Gasteiger partial charge in [0.25, 0.3) is 0 Å². The molecule has 2 heterocycles. The number of rotatable bonds is 5. The van der Waals surface area contributed by atoms with Crippen molar-refractivity contribution in [2.75, 3.05) is 0 Å². The summed E-state index contributed by atoms with van der Waals surface area (Å²) in [5, 5.41) is 6.78. The molecule has 138 valence electrons. The average molecular weight is 361 g/mol. The van der Waals surface area contributed by atoms with Crippen LogP contribution in [0, 0.1) is 5.82 Å². The van der Waals surface area contributed by atoms with Crippen LogP contribution in [0.2, 0.25) is 0 Å². The molecule has 0 aliphatic heterocycles. The van der Waals surface area contributed by atoms with E-state index in [2.05, 4.69) is 15.5 Å². The Morgan fingerprint density at radius 1 is 1.35 bits per heavy atom. The van der Waals surface area contributed by atoms with Gasteiger partial charge in [-0.2, -0.15) is 0 Å². The Kier molecular flexibility index (Phi) is 4.83. The molecular formula is C18H20FN3O4. The molecule has 0 aliphatic rings. The maximum Gasteiger partial charge on any atom is 0.407 e. The molecule has 8 heteroatoms. The first kappa shape index (κ1) is 17.8. The summed E-state index contributed by atoms with van der Waals surface area (Å²) in [5.74, 6) is -0.0519. The second-order valence-corrected chi connectivity index (χ2v) is 6.80. The van der Waals surface area contributed by atoms with Gasteiger partial charge >= 0.3 is 6.09 Å². The SMILES string of the molecule is CC(C)(C)OC(=O)NCc1cc2c(F)cc(OCc3ccon3)cc2[nH]1. The number of nitrogens with zero attached hydrogens (tertiary/aromatic N) is 1. The minimum Gasteiger partial charge on any atom is -0.487 e. The molecule has 7 nitrogen and oxygen atoms in total. The van der Waals surface area contributed by atoms with Gasteiger partial charge in [-0.1, -0.05) is 5.16 Å². The number of aromatic nitrogens is 2. The van der Waals surface area contributed by atoms with Gasteiger partial charge in [0.2, 0.25) is 0 Å². The van der Waals surface area contributed by atoms with Crippen LogP contribution in [-0.4, -0.2) is 21.8 Å². The van der Waals surface area contributed by atoms with Crippen LogP contribution in [0.3, 0.4) is 0 Å². The first-order chi connectivity index (χ1) is 12.3. The number of carbonyl (C=O) groups is 1. The van der Waals surface area contributed by atoms with Crippen LogP contribution in [0.4, 0.5) is 9.18 Å². The smallest absolute Gasteiger partial charge is 0.407 e. The van der Waals surface area contributed by atoms with Gasteiger partial charge in [0.15, 0.2) is 0 Å². The zero-order valence-electron chi connectivity index (χ0n) is 14.8. The molecule has 0 atom stereocenters. The minimum atomic E-state index is -0.577. The first-order valence-electron chi connectivity index (χ1n) is 8.10. The van der Waals surface area contributed by atoms with Gasteiger partial charge in [0.05, 0.1) is 12.1 Å². The van der Waals surface area contributed by atoms with Crippen molar-refractivity contribution in [2.24, 2.45) is 0 Å². The fourth-order valence-electron chi connectivity index (χ4n) is 2.36. The predicted octanol–water partition coefficient (Wildman–Crippen LogP) is 3.90. The van der Waals surface area contributed by atoms with Gasteiger partial charge in [-0.05, 0) is 26.8 Å². The van der Waals surface area contributed by atoms with E-state index in [9.17, 15) is 9.18 Å². The lowest BCUT2D eigenvalue weighted by Gasteiger charge is -2.19. The van der Waals surface area contributed by atoms with Crippen LogP contribution < -0.4 is 10.1 Å². The number of H-pyrrole nitrogens is 1. The maximum atomic E-state index is 14.3. The van der Waals surface area contributed by atoms with E-state index in [0.717, 1.165) is 0 Å². The summed E-state index contributed by atoms with van der Waals surface area (Å²) >= 11 is 0. The summed E-state index contributed by atoms with van der Waals surface area (Å²) in [6, 6.07) is 6.31. The number of carbonyl (C=O) groups excluding carboxylic acids is 1. The molecule has 2 N–H and O–H groups in total. The molecule has 0 radical (unpaired) electrons. The van der Waals surface area contributed by atoms with Crippen molar-refractivity contribution in [2.45, 2.75) is 39.5 Å². The molecule has 0 spiro atoms. The molecule has 0 fully saturated rings. The van der Waals surface area contributed by atoms with E-state index in [-0.39, 0.29) is 13.2 Å². The standard InChI is InChI=1S/C18H20FN3O4/c1-18(2,3)26-17(23)20-9-12-6-14-15(19)7-13(8-16(14)21-12)24-10-11-4-5-25-22-11/h4-8,21H,9-10H2,1-3H3,(H,20,23). The largest absolute Gasteiger partial charge is 0.487 e. The predicted molar refractivity (Wildman–Crippen MR) is 92.2 cm³/mol. The van der Waals surface area contributed by atoms with Crippen molar-refractivity contribution < 1.29 is 23.2 Å². The van der Waals surface area contributed by atoms with Crippen molar-refractivity contribution in [3.05, 3.63) is 47.7 Å². The fraction of sp³-hybridized carbons (Fsp3) is 0.333. The number of benzene rings is 1. The molecule has 0 aliphatic carbocycles. The minimum absolute atomic E-state index is 0.176. The number of ether oxygens (including phenoxy) is 2. The van der Waals surface area contributed by atoms with Crippen molar-refractivity contribution >= 4 is 17.0 Å². The van der Waals surface area contributed by atoms with Crippen LogP contribution in [0.5, 0.6) is 5.75 Å².